The lowest BCUT2D eigenvalue weighted by atomic mass is 9.88. The Bertz CT molecular complexity index is 349. The van der Waals surface area contributed by atoms with Crippen molar-refractivity contribution in [3.63, 3.8) is 0 Å². The molecule has 0 aliphatic carbocycles. The number of hydrogen-bond acceptors (Lipinski definition) is 2. The zero-order valence-corrected chi connectivity index (χ0v) is 11.1. The van der Waals surface area contributed by atoms with Crippen LogP contribution in [0.25, 0.3) is 0 Å². The lowest BCUT2D eigenvalue weighted by molar-refractivity contribution is 0.157. The van der Waals surface area contributed by atoms with Crippen LogP contribution < -0.4 is 5.32 Å². The second-order valence-electron chi connectivity index (χ2n) is 5.80. The summed E-state index contributed by atoms with van der Waals surface area (Å²) in [5.74, 6) is 0.930. The van der Waals surface area contributed by atoms with Crippen molar-refractivity contribution in [1.29, 1.82) is 0 Å². The molecule has 0 bridgehead atoms. The molecule has 0 saturated carbocycles. The Morgan fingerprint density at radius 1 is 1.06 bits per heavy atom. The van der Waals surface area contributed by atoms with Gasteiger partial charge in [0.2, 0.25) is 0 Å². The highest BCUT2D eigenvalue weighted by molar-refractivity contribution is 5.14. The highest BCUT2D eigenvalue weighted by Crippen LogP contribution is 2.26. The van der Waals surface area contributed by atoms with E-state index in [1.54, 1.807) is 0 Å². The predicted molar refractivity (Wildman–Crippen MR) is 75.5 cm³/mol. The maximum Gasteiger partial charge on any atom is 0.0233 e. The van der Waals surface area contributed by atoms with Gasteiger partial charge in [-0.25, -0.2) is 0 Å². The molecule has 2 aliphatic heterocycles. The lowest BCUT2D eigenvalue weighted by Crippen LogP contribution is -2.40. The highest BCUT2D eigenvalue weighted by Gasteiger charge is 2.28. The molecule has 2 heteroatoms. The van der Waals surface area contributed by atoms with Crippen LogP contribution in [0.15, 0.2) is 30.3 Å². The Morgan fingerprint density at radius 3 is 2.50 bits per heavy atom. The minimum atomic E-state index is 0.823. The van der Waals surface area contributed by atoms with Crippen molar-refractivity contribution in [2.45, 2.75) is 38.3 Å². The van der Waals surface area contributed by atoms with Crippen LogP contribution in [0.1, 0.15) is 31.2 Å². The first kappa shape index (κ1) is 12.2. The van der Waals surface area contributed by atoms with Crippen LogP contribution in [0.5, 0.6) is 0 Å². The van der Waals surface area contributed by atoms with E-state index in [9.17, 15) is 0 Å². The monoisotopic (exact) mass is 244 g/mol. The van der Waals surface area contributed by atoms with Gasteiger partial charge in [0.25, 0.3) is 0 Å². The van der Waals surface area contributed by atoms with Gasteiger partial charge in [0, 0.05) is 12.6 Å². The van der Waals surface area contributed by atoms with E-state index in [2.05, 4.69) is 40.5 Å². The first-order chi connectivity index (χ1) is 8.92. The first-order valence-corrected chi connectivity index (χ1v) is 7.41. The fourth-order valence-corrected chi connectivity index (χ4v) is 3.47. The van der Waals surface area contributed by atoms with Crippen LogP contribution in [0, 0.1) is 5.92 Å². The molecule has 0 aromatic heterocycles. The van der Waals surface area contributed by atoms with Gasteiger partial charge in [-0.05, 0) is 56.8 Å². The summed E-state index contributed by atoms with van der Waals surface area (Å²) >= 11 is 0. The Balaban J connectivity index is 1.48. The summed E-state index contributed by atoms with van der Waals surface area (Å²) in [6.07, 6.45) is 5.55. The van der Waals surface area contributed by atoms with Gasteiger partial charge in [-0.3, -0.25) is 4.90 Å². The summed E-state index contributed by atoms with van der Waals surface area (Å²) < 4.78 is 0. The summed E-state index contributed by atoms with van der Waals surface area (Å²) in [5.41, 5.74) is 1.45. The van der Waals surface area contributed by atoms with Crippen molar-refractivity contribution in [1.82, 2.24) is 10.2 Å². The number of likely N-dealkylation sites (tertiary alicyclic amines) is 1. The van der Waals surface area contributed by atoms with E-state index in [4.69, 9.17) is 0 Å². The maximum atomic E-state index is 3.67. The topological polar surface area (TPSA) is 15.3 Å². The van der Waals surface area contributed by atoms with Gasteiger partial charge in [0.1, 0.15) is 0 Å². The van der Waals surface area contributed by atoms with Crippen molar-refractivity contribution in [2.24, 2.45) is 5.92 Å². The summed E-state index contributed by atoms with van der Waals surface area (Å²) in [4.78, 5) is 2.61. The molecule has 1 N–H and O–H groups in total. The number of nitrogens with one attached hydrogen (secondary N) is 1. The molecule has 0 unspecified atom stereocenters. The number of rotatable bonds is 3. The fourth-order valence-electron chi connectivity index (χ4n) is 3.47. The minimum absolute atomic E-state index is 0.823. The average molecular weight is 244 g/mol. The van der Waals surface area contributed by atoms with Crippen LogP contribution >= 0.6 is 0 Å². The zero-order valence-electron chi connectivity index (χ0n) is 11.1. The van der Waals surface area contributed by atoms with Gasteiger partial charge in [-0.2, -0.15) is 0 Å². The van der Waals surface area contributed by atoms with Gasteiger partial charge >= 0.3 is 0 Å². The van der Waals surface area contributed by atoms with E-state index in [-0.39, 0.29) is 0 Å². The molecule has 1 atom stereocenters. The van der Waals surface area contributed by atoms with Crippen molar-refractivity contribution in [2.75, 3.05) is 19.6 Å². The first-order valence-electron chi connectivity index (χ1n) is 7.41. The Morgan fingerprint density at radius 2 is 1.83 bits per heavy atom. The molecule has 2 aliphatic rings. The number of benzene rings is 1. The molecule has 18 heavy (non-hydrogen) atoms. The maximum absolute atomic E-state index is 3.67. The average Bonchev–Trinajstić information content (AvgIpc) is 2.95. The molecule has 98 valence electrons. The zero-order chi connectivity index (χ0) is 12.2. The van der Waals surface area contributed by atoms with Crippen LogP contribution in [0.3, 0.4) is 0 Å². The van der Waals surface area contributed by atoms with Gasteiger partial charge < -0.3 is 5.32 Å². The van der Waals surface area contributed by atoms with E-state index >= 15 is 0 Å². The number of piperidine rings is 1. The van der Waals surface area contributed by atoms with E-state index in [0.29, 0.717) is 0 Å². The van der Waals surface area contributed by atoms with Gasteiger partial charge in [0.05, 0.1) is 0 Å². The third-order valence-electron chi connectivity index (χ3n) is 4.55. The number of hydrogen-bond donors (Lipinski definition) is 1. The van der Waals surface area contributed by atoms with Crippen LogP contribution in [0.2, 0.25) is 0 Å². The van der Waals surface area contributed by atoms with Crippen molar-refractivity contribution >= 4 is 0 Å². The summed E-state index contributed by atoms with van der Waals surface area (Å²) in [6, 6.07) is 11.7. The molecule has 1 aromatic rings. The van der Waals surface area contributed by atoms with Gasteiger partial charge in [-0.1, -0.05) is 30.3 Å². The second-order valence-corrected chi connectivity index (χ2v) is 5.80. The summed E-state index contributed by atoms with van der Waals surface area (Å²) in [5, 5.41) is 3.67. The van der Waals surface area contributed by atoms with Crippen LogP contribution in [-0.2, 0) is 6.54 Å². The van der Waals surface area contributed by atoms with E-state index in [1.807, 2.05) is 0 Å². The predicted octanol–water partition coefficient (Wildman–Crippen LogP) is 2.65. The summed E-state index contributed by atoms with van der Waals surface area (Å²) in [7, 11) is 0. The van der Waals surface area contributed by atoms with Crippen molar-refractivity contribution < 1.29 is 0 Å². The molecule has 2 saturated heterocycles. The third-order valence-corrected chi connectivity index (χ3v) is 4.55. The quantitative estimate of drug-likeness (QED) is 0.879. The molecule has 0 amide bonds. The highest BCUT2D eigenvalue weighted by atomic mass is 15.1. The Labute approximate surface area is 110 Å². The van der Waals surface area contributed by atoms with Crippen LogP contribution in [-0.4, -0.2) is 30.6 Å². The van der Waals surface area contributed by atoms with Crippen molar-refractivity contribution in [3.8, 4) is 0 Å². The molecule has 2 fully saturated rings. The van der Waals surface area contributed by atoms with E-state index < -0.39 is 0 Å². The largest absolute Gasteiger partial charge is 0.314 e. The van der Waals surface area contributed by atoms with Gasteiger partial charge in [0.15, 0.2) is 0 Å². The lowest BCUT2D eigenvalue weighted by Gasteiger charge is -2.34. The minimum Gasteiger partial charge on any atom is -0.314 e. The fraction of sp³-hybridized carbons (Fsp3) is 0.625. The third kappa shape index (κ3) is 2.93. The second kappa shape index (κ2) is 5.85. The summed E-state index contributed by atoms with van der Waals surface area (Å²) in [6.45, 7) is 4.93. The van der Waals surface area contributed by atoms with E-state index in [0.717, 1.165) is 18.5 Å². The molecular weight excluding hydrogens is 220 g/mol. The standard InChI is InChI=1S/C16H24N2/c1-2-5-14(6-3-1)13-18-11-8-15(9-12-18)16-7-4-10-17-16/h1-3,5-6,15-17H,4,7-13H2/t16-/m1/s1. The number of nitrogens with zero attached hydrogens (tertiary/aromatic N) is 1. The normalized spacial score (nSPS) is 26.6. The molecule has 2 nitrogen and oxygen atoms in total. The van der Waals surface area contributed by atoms with Gasteiger partial charge in [-0.15, -0.1) is 0 Å². The van der Waals surface area contributed by atoms with Crippen molar-refractivity contribution in [3.05, 3.63) is 35.9 Å². The molecular formula is C16H24N2. The van der Waals surface area contributed by atoms with E-state index in [1.165, 1.54) is 50.9 Å². The molecule has 2 heterocycles. The Kier molecular flexibility index (Phi) is 3.96. The molecule has 0 radical (unpaired) electrons. The SMILES string of the molecule is c1ccc(CN2CCC([C@H]3CCCN3)CC2)cc1. The molecule has 3 rings (SSSR count). The molecule has 0 spiro atoms. The molecule has 1 aromatic carbocycles. The van der Waals surface area contributed by atoms with Crippen LogP contribution in [0.4, 0.5) is 0 Å². The smallest absolute Gasteiger partial charge is 0.0233 e. The Hall–Kier alpha value is -0.860.